The zero-order valence-corrected chi connectivity index (χ0v) is 20.3. The molecule has 1 aliphatic heterocycles. The summed E-state index contributed by atoms with van der Waals surface area (Å²) in [6.45, 7) is 4.37. The fourth-order valence-corrected chi connectivity index (χ4v) is 5.50. The summed E-state index contributed by atoms with van der Waals surface area (Å²) < 4.78 is 7.42. The molecular formula is C28H33N3O3. The van der Waals surface area contributed by atoms with Crippen LogP contribution >= 0.6 is 0 Å². The van der Waals surface area contributed by atoms with E-state index >= 15 is 0 Å². The topological polar surface area (TPSA) is 63.6 Å². The summed E-state index contributed by atoms with van der Waals surface area (Å²) in [6.07, 6.45) is 6.34. The van der Waals surface area contributed by atoms with Gasteiger partial charge in [0.15, 0.2) is 0 Å². The first-order valence-electron chi connectivity index (χ1n) is 12.4. The second-order valence-electron chi connectivity index (χ2n) is 9.79. The molecule has 178 valence electrons. The van der Waals surface area contributed by atoms with Crippen LogP contribution in [-0.2, 0) is 17.8 Å². The summed E-state index contributed by atoms with van der Waals surface area (Å²) in [5, 5.41) is 4.26. The van der Waals surface area contributed by atoms with E-state index in [2.05, 4.69) is 18.3 Å². The van der Waals surface area contributed by atoms with Gasteiger partial charge in [0, 0.05) is 23.2 Å². The highest BCUT2D eigenvalue weighted by atomic mass is 16.5. The Morgan fingerprint density at radius 2 is 1.91 bits per heavy atom. The standard InChI is InChI=1S/C28H33N3O3/c1-4-19-9-8-12-22(15-19)31-26(32)25-16-20-13-14-23(34-3)17-24(20)30(25)18-28(31,2)27(33)29-21-10-6-5-7-11-21/h8-9,12-17,21H,4-7,10-11,18H2,1-3H3,(H,29,33)/t28-/m0/s1. The molecule has 1 atom stereocenters. The number of amides is 2. The van der Waals surface area contributed by atoms with Crippen molar-refractivity contribution in [3.8, 4) is 5.75 Å². The molecule has 2 heterocycles. The number of aromatic nitrogens is 1. The lowest BCUT2D eigenvalue weighted by Crippen LogP contribution is -2.65. The van der Waals surface area contributed by atoms with Crippen molar-refractivity contribution in [2.45, 2.75) is 70.5 Å². The number of benzene rings is 2. The van der Waals surface area contributed by atoms with E-state index < -0.39 is 5.54 Å². The molecule has 0 unspecified atom stereocenters. The van der Waals surface area contributed by atoms with Crippen LogP contribution in [0.1, 0.15) is 62.0 Å². The smallest absolute Gasteiger partial charge is 0.275 e. The zero-order valence-electron chi connectivity index (χ0n) is 20.3. The highest BCUT2D eigenvalue weighted by molar-refractivity contribution is 6.14. The van der Waals surface area contributed by atoms with Gasteiger partial charge in [-0.15, -0.1) is 0 Å². The minimum atomic E-state index is -1.07. The normalized spacial score (nSPS) is 20.9. The molecule has 1 fully saturated rings. The largest absolute Gasteiger partial charge is 0.497 e. The van der Waals surface area contributed by atoms with Crippen LogP contribution in [0.4, 0.5) is 5.69 Å². The van der Waals surface area contributed by atoms with Crippen molar-refractivity contribution in [3.63, 3.8) is 0 Å². The summed E-state index contributed by atoms with van der Waals surface area (Å²) in [5.74, 6) is 0.480. The van der Waals surface area contributed by atoms with Crippen molar-refractivity contribution in [2.75, 3.05) is 12.0 Å². The molecule has 2 aromatic carbocycles. The Morgan fingerprint density at radius 1 is 1.12 bits per heavy atom. The lowest BCUT2D eigenvalue weighted by molar-refractivity contribution is -0.127. The second kappa shape index (κ2) is 8.82. The summed E-state index contributed by atoms with van der Waals surface area (Å²) in [7, 11) is 1.64. The van der Waals surface area contributed by atoms with E-state index in [1.807, 2.05) is 54.0 Å². The van der Waals surface area contributed by atoms with Crippen LogP contribution in [0.2, 0.25) is 0 Å². The maximum absolute atomic E-state index is 14.0. The number of anilines is 1. The van der Waals surface area contributed by atoms with Gasteiger partial charge in [-0.05, 0) is 62.1 Å². The predicted octanol–water partition coefficient (Wildman–Crippen LogP) is 5.08. The van der Waals surface area contributed by atoms with E-state index in [-0.39, 0.29) is 17.9 Å². The number of fused-ring (bicyclic) bond motifs is 3. The van der Waals surface area contributed by atoms with Crippen molar-refractivity contribution in [1.29, 1.82) is 0 Å². The molecule has 0 bridgehead atoms. The van der Waals surface area contributed by atoms with E-state index in [0.717, 1.165) is 60.0 Å². The Morgan fingerprint density at radius 3 is 2.65 bits per heavy atom. The summed E-state index contributed by atoms with van der Waals surface area (Å²) in [4.78, 5) is 29.7. The Balaban J connectivity index is 1.63. The van der Waals surface area contributed by atoms with E-state index in [0.29, 0.717) is 12.2 Å². The lowest BCUT2D eigenvalue weighted by Gasteiger charge is -2.45. The van der Waals surface area contributed by atoms with Crippen molar-refractivity contribution in [3.05, 3.63) is 59.8 Å². The third kappa shape index (κ3) is 3.75. The van der Waals surface area contributed by atoms with Crippen LogP contribution in [0.5, 0.6) is 5.75 Å². The number of carbonyl (C=O) groups is 2. The maximum atomic E-state index is 14.0. The number of nitrogens with one attached hydrogen (secondary N) is 1. The van der Waals surface area contributed by atoms with Crippen LogP contribution in [0.25, 0.3) is 10.9 Å². The molecule has 0 radical (unpaired) electrons. The van der Waals surface area contributed by atoms with Crippen LogP contribution < -0.4 is 15.0 Å². The minimum Gasteiger partial charge on any atom is -0.497 e. The highest BCUT2D eigenvalue weighted by Crippen LogP contribution is 2.37. The van der Waals surface area contributed by atoms with E-state index in [1.54, 1.807) is 12.0 Å². The number of hydrogen-bond donors (Lipinski definition) is 1. The van der Waals surface area contributed by atoms with Gasteiger partial charge in [0.05, 0.1) is 19.2 Å². The first-order chi connectivity index (χ1) is 16.4. The molecule has 1 saturated carbocycles. The summed E-state index contributed by atoms with van der Waals surface area (Å²) in [5.41, 5.74) is 2.33. The Labute approximate surface area is 200 Å². The average Bonchev–Trinajstić information content (AvgIpc) is 3.22. The summed E-state index contributed by atoms with van der Waals surface area (Å²) in [6, 6.07) is 15.9. The molecule has 6 nitrogen and oxygen atoms in total. The molecule has 1 aliphatic carbocycles. The van der Waals surface area contributed by atoms with E-state index in [9.17, 15) is 9.59 Å². The van der Waals surface area contributed by atoms with Gasteiger partial charge in [-0.2, -0.15) is 0 Å². The van der Waals surface area contributed by atoms with Crippen molar-refractivity contribution in [1.82, 2.24) is 9.88 Å². The van der Waals surface area contributed by atoms with Crippen LogP contribution in [0.15, 0.2) is 48.5 Å². The Bertz CT molecular complexity index is 1240. The fraction of sp³-hybridized carbons (Fsp3) is 0.429. The molecule has 2 amide bonds. The van der Waals surface area contributed by atoms with Gasteiger partial charge in [0.2, 0.25) is 5.91 Å². The Hall–Kier alpha value is -3.28. The number of carbonyl (C=O) groups excluding carboxylic acids is 2. The van der Waals surface area contributed by atoms with Crippen molar-refractivity contribution in [2.24, 2.45) is 0 Å². The summed E-state index contributed by atoms with van der Waals surface area (Å²) >= 11 is 0. The van der Waals surface area contributed by atoms with Gasteiger partial charge in [-0.25, -0.2) is 0 Å². The SMILES string of the molecule is CCc1cccc(N2C(=O)c3cc4ccc(OC)cc4n3C[C@@]2(C)C(=O)NC2CCCCC2)c1. The number of hydrogen-bond acceptors (Lipinski definition) is 3. The fourth-order valence-electron chi connectivity index (χ4n) is 5.50. The van der Waals surface area contributed by atoms with Gasteiger partial charge in [-0.3, -0.25) is 14.5 Å². The van der Waals surface area contributed by atoms with Crippen molar-refractivity contribution >= 4 is 28.4 Å². The first kappa shape index (κ1) is 22.5. The third-order valence-electron chi connectivity index (χ3n) is 7.50. The quantitative estimate of drug-likeness (QED) is 0.579. The second-order valence-corrected chi connectivity index (χ2v) is 9.79. The van der Waals surface area contributed by atoms with Gasteiger partial charge in [0.1, 0.15) is 17.0 Å². The minimum absolute atomic E-state index is 0.0925. The predicted molar refractivity (Wildman–Crippen MR) is 135 cm³/mol. The van der Waals surface area contributed by atoms with Gasteiger partial charge in [-0.1, -0.05) is 38.3 Å². The Kier molecular flexibility index (Phi) is 5.84. The maximum Gasteiger partial charge on any atom is 0.275 e. The molecule has 6 heteroatoms. The number of nitrogens with zero attached hydrogens (tertiary/aromatic N) is 2. The molecule has 0 spiro atoms. The molecule has 1 N–H and O–H groups in total. The number of methoxy groups -OCH3 is 1. The van der Waals surface area contributed by atoms with Crippen LogP contribution in [0.3, 0.4) is 0 Å². The monoisotopic (exact) mass is 459 g/mol. The van der Waals surface area contributed by atoms with Crippen LogP contribution in [0, 0.1) is 0 Å². The van der Waals surface area contributed by atoms with Gasteiger partial charge in [0.25, 0.3) is 5.91 Å². The van der Waals surface area contributed by atoms with Gasteiger partial charge >= 0.3 is 0 Å². The lowest BCUT2D eigenvalue weighted by atomic mass is 9.90. The van der Waals surface area contributed by atoms with E-state index in [4.69, 9.17) is 4.74 Å². The number of ether oxygens (including phenoxy) is 1. The number of rotatable bonds is 5. The molecule has 1 aromatic heterocycles. The van der Waals surface area contributed by atoms with E-state index in [1.165, 1.54) is 6.42 Å². The van der Waals surface area contributed by atoms with Gasteiger partial charge < -0.3 is 14.6 Å². The first-order valence-corrected chi connectivity index (χ1v) is 12.4. The van der Waals surface area contributed by atoms with Crippen LogP contribution in [-0.4, -0.2) is 35.1 Å². The molecule has 34 heavy (non-hydrogen) atoms. The average molecular weight is 460 g/mol. The molecule has 2 aliphatic rings. The zero-order chi connectivity index (χ0) is 23.9. The van der Waals surface area contributed by atoms with Crippen molar-refractivity contribution < 1.29 is 14.3 Å². The molecule has 3 aromatic rings. The third-order valence-corrected chi connectivity index (χ3v) is 7.50. The highest BCUT2D eigenvalue weighted by Gasteiger charge is 2.49. The molecule has 0 saturated heterocycles. The molecule has 5 rings (SSSR count). The number of aryl methyl sites for hydroxylation is 1. The molecular weight excluding hydrogens is 426 g/mol.